The molecule has 2 aromatic carbocycles. The zero-order chi connectivity index (χ0) is 21.2. The molecule has 9 heteroatoms. The van der Waals surface area contributed by atoms with Gasteiger partial charge in [0.05, 0.1) is 23.5 Å². The Morgan fingerprint density at radius 3 is 2.28 bits per heavy atom. The third kappa shape index (κ3) is 4.29. The maximum Gasteiger partial charge on any atom is 0.416 e. The van der Waals surface area contributed by atoms with E-state index in [1.807, 2.05) is 30.3 Å². The van der Waals surface area contributed by atoms with Gasteiger partial charge in [-0.1, -0.05) is 30.3 Å². The molecule has 3 rings (SSSR count). The van der Waals surface area contributed by atoms with Crippen molar-refractivity contribution in [2.75, 3.05) is 0 Å². The van der Waals surface area contributed by atoms with E-state index in [9.17, 15) is 27.9 Å². The van der Waals surface area contributed by atoms with Crippen molar-refractivity contribution in [3.63, 3.8) is 0 Å². The summed E-state index contributed by atoms with van der Waals surface area (Å²) in [5, 5.41) is 10.5. The second kappa shape index (κ2) is 7.78. The predicted molar refractivity (Wildman–Crippen MR) is 102 cm³/mol. The third-order valence-electron chi connectivity index (χ3n) is 4.24. The third-order valence-corrected chi connectivity index (χ3v) is 4.24. The number of aromatic hydroxyl groups is 1. The zero-order valence-corrected chi connectivity index (χ0v) is 15.2. The summed E-state index contributed by atoms with van der Waals surface area (Å²) < 4.78 is 39.0. The Morgan fingerprint density at radius 1 is 1.07 bits per heavy atom. The Bertz CT molecular complexity index is 1160. The first-order valence-corrected chi connectivity index (χ1v) is 8.50. The average Bonchev–Trinajstić information content (AvgIpc) is 2.66. The van der Waals surface area contributed by atoms with Gasteiger partial charge in [0.2, 0.25) is 5.88 Å². The van der Waals surface area contributed by atoms with Crippen LogP contribution in [0, 0.1) is 0 Å². The molecule has 29 heavy (non-hydrogen) atoms. The normalized spacial score (nSPS) is 12.2. The lowest BCUT2D eigenvalue weighted by Gasteiger charge is -2.13. The van der Waals surface area contributed by atoms with Crippen LogP contribution < -0.4 is 11.2 Å². The summed E-state index contributed by atoms with van der Waals surface area (Å²) in [5.74, 6) is -0.701. The molecule has 150 valence electrons. The van der Waals surface area contributed by atoms with Crippen molar-refractivity contribution in [1.82, 2.24) is 9.55 Å². The Morgan fingerprint density at radius 2 is 1.69 bits per heavy atom. The Kier molecular flexibility index (Phi) is 5.40. The molecule has 1 aromatic heterocycles. The first kappa shape index (κ1) is 20.1. The number of hydrogen-bond acceptors (Lipinski definition) is 4. The van der Waals surface area contributed by atoms with E-state index in [4.69, 9.17) is 0 Å². The molecule has 0 atom stereocenters. The maximum absolute atomic E-state index is 12.7. The Balaban J connectivity index is 2.05. The highest BCUT2D eigenvalue weighted by Crippen LogP contribution is 2.30. The Labute approximate surface area is 162 Å². The molecule has 0 bridgehead atoms. The highest BCUT2D eigenvalue weighted by molar-refractivity contribution is 6.00. The first-order chi connectivity index (χ1) is 13.7. The minimum Gasteiger partial charge on any atom is -0.493 e. The van der Waals surface area contributed by atoms with Crippen molar-refractivity contribution < 1.29 is 18.3 Å². The summed E-state index contributed by atoms with van der Waals surface area (Å²) in [7, 11) is 0. The molecule has 0 aliphatic carbocycles. The van der Waals surface area contributed by atoms with Gasteiger partial charge < -0.3 is 5.11 Å². The minimum atomic E-state index is -4.54. The summed E-state index contributed by atoms with van der Waals surface area (Å²) in [6.07, 6.45) is -4.54. The number of H-pyrrole nitrogens is 1. The van der Waals surface area contributed by atoms with Crippen LogP contribution in [0.25, 0.3) is 5.69 Å². The molecule has 3 aromatic rings. The molecule has 0 aliphatic heterocycles. The van der Waals surface area contributed by atoms with E-state index in [1.54, 1.807) is 0 Å². The van der Waals surface area contributed by atoms with Gasteiger partial charge in [0, 0.05) is 0 Å². The molecule has 0 unspecified atom stereocenters. The van der Waals surface area contributed by atoms with Gasteiger partial charge in [0.15, 0.2) is 0 Å². The maximum atomic E-state index is 12.7. The zero-order valence-electron chi connectivity index (χ0n) is 15.2. The van der Waals surface area contributed by atoms with Crippen molar-refractivity contribution in [2.45, 2.75) is 19.6 Å². The lowest BCUT2D eigenvalue weighted by atomic mass is 10.1. The van der Waals surface area contributed by atoms with Crippen LogP contribution in [-0.4, -0.2) is 20.4 Å². The topological polar surface area (TPSA) is 87.4 Å². The fourth-order valence-electron chi connectivity index (χ4n) is 2.76. The molecule has 6 nitrogen and oxygen atoms in total. The molecule has 0 amide bonds. The first-order valence-electron chi connectivity index (χ1n) is 8.50. The van der Waals surface area contributed by atoms with E-state index in [0.717, 1.165) is 34.4 Å². The van der Waals surface area contributed by atoms with E-state index in [-0.39, 0.29) is 23.5 Å². The Hall–Kier alpha value is -3.62. The number of nitrogens with one attached hydrogen (secondary N) is 1. The second-order valence-electron chi connectivity index (χ2n) is 6.23. The largest absolute Gasteiger partial charge is 0.493 e. The fourth-order valence-corrected chi connectivity index (χ4v) is 2.76. The van der Waals surface area contributed by atoms with Gasteiger partial charge in [0.25, 0.3) is 5.56 Å². The van der Waals surface area contributed by atoms with E-state index < -0.39 is 28.9 Å². The monoisotopic (exact) mass is 403 g/mol. The van der Waals surface area contributed by atoms with Crippen LogP contribution in [-0.2, 0) is 12.7 Å². The fraction of sp³-hybridized carbons (Fsp3) is 0.150. The van der Waals surface area contributed by atoms with Gasteiger partial charge in [-0.2, -0.15) is 13.2 Å². The number of aromatic amines is 1. The summed E-state index contributed by atoms with van der Waals surface area (Å²) in [6, 6.07) is 12.8. The van der Waals surface area contributed by atoms with Crippen molar-refractivity contribution >= 4 is 5.71 Å². The summed E-state index contributed by atoms with van der Waals surface area (Å²) in [6.45, 7) is 1.74. The standard InChI is InChI=1S/C20H16F3N3O3/c1-12(24-11-13-5-3-2-4-6-13)16-17(27)25-19(29)26(18(16)28)15-9-7-14(8-10-15)20(21,22)23/h2-10,28H,11H2,1H3,(H,25,27,29). The molecule has 0 aliphatic rings. The van der Waals surface area contributed by atoms with Crippen molar-refractivity contribution in [1.29, 1.82) is 0 Å². The lowest BCUT2D eigenvalue weighted by molar-refractivity contribution is -0.137. The number of aromatic nitrogens is 2. The van der Waals surface area contributed by atoms with E-state index in [1.165, 1.54) is 6.92 Å². The summed E-state index contributed by atoms with van der Waals surface area (Å²) in [5.41, 5.74) is -1.95. The van der Waals surface area contributed by atoms with Crippen LogP contribution >= 0.6 is 0 Å². The van der Waals surface area contributed by atoms with Gasteiger partial charge in [-0.15, -0.1) is 0 Å². The molecule has 0 radical (unpaired) electrons. The van der Waals surface area contributed by atoms with Crippen LogP contribution in [0.4, 0.5) is 13.2 Å². The molecule has 0 saturated carbocycles. The summed E-state index contributed by atoms with van der Waals surface area (Å²) >= 11 is 0. The van der Waals surface area contributed by atoms with Gasteiger partial charge >= 0.3 is 11.9 Å². The van der Waals surface area contributed by atoms with Crippen molar-refractivity contribution in [2.24, 2.45) is 4.99 Å². The molecule has 0 fully saturated rings. The predicted octanol–water partition coefficient (Wildman–Crippen LogP) is 3.26. The molecule has 1 heterocycles. The molecule has 0 spiro atoms. The number of halogens is 3. The SMILES string of the molecule is CC(=NCc1ccccc1)c1c(O)n(-c2ccc(C(F)(F)F)cc2)c(=O)[nH]c1=O. The molecular formula is C20H16F3N3O3. The lowest BCUT2D eigenvalue weighted by Crippen LogP contribution is -2.32. The van der Waals surface area contributed by atoms with Gasteiger partial charge in [-0.05, 0) is 36.8 Å². The van der Waals surface area contributed by atoms with Gasteiger partial charge in [-0.25, -0.2) is 9.36 Å². The number of rotatable bonds is 4. The molecule has 2 N–H and O–H groups in total. The van der Waals surface area contributed by atoms with Crippen molar-refractivity contribution in [3.8, 4) is 11.6 Å². The molecular weight excluding hydrogens is 387 g/mol. The number of alkyl halides is 3. The highest BCUT2D eigenvalue weighted by atomic mass is 19.4. The minimum absolute atomic E-state index is 0.0335. The van der Waals surface area contributed by atoms with E-state index >= 15 is 0 Å². The van der Waals surface area contributed by atoms with Crippen LogP contribution in [0.3, 0.4) is 0 Å². The van der Waals surface area contributed by atoms with Gasteiger partial charge in [-0.3, -0.25) is 14.8 Å². The average molecular weight is 403 g/mol. The van der Waals surface area contributed by atoms with Crippen LogP contribution in [0.2, 0.25) is 0 Å². The van der Waals surface area contributed by atoms with Crippen molar-refractivity contribution in [3.05, 3.63) is 92.1 Å². The highest BCUT2D eigenvalue weighted by Gasteiger charge is 2.30. The number of hydrogen-bond donors (Lipinski definition) is 2. The smallest absolute Gasteiger partial charge is 0.416 e. The van der Waals surface area contributed by atoms with Crippen LogP contribution in [0.1, 0.15) is 23.6 Å². The quantitative estimate of drug-likeness (QED) is 0.656. The van der Waals surface area contributed by atoms with E-state index in [0.29, 0.717) is 0 Å². The number of aliphatic imine (C=N–C) groups is 1. The molecule has 0 saturated heterocycles. The van der Waals surface area contributed by atoms with Gasteiger partial charge in [0.1, 0.15) is 5.56 Å². The van der Waals surface area contributed by atoms with Crippen LogP contribution in [0.15, 0.2) is 69.2 Å². The second-order valence-corrected chi connectivity index (χ2v) is 6.23. The summed E-state index contributed by atoms with van der Waals surface area (Å²) in [4.78, 5) is 30.7. The number of benzene rings is 2. The number of nitrogens with zero attached hydrogens (tertiary/aromatic N) is 2. The van der Waals surface area contributed by atoms with Crippen LogP contribution in [0.5, 0.6) is 5.88 Å². The van der Waals surface area contributed by atoms with E-state index in [2.05, 4.69) is 9.98 Å².